The van der Waals surface area contributed by atoms with Gasteiger partial charge in [-0.05, 0) is 55.5 Å². The van der Waals surface area contributed by atoms with Crippen molar-refractivity contribution in [3.63, 3.8) is 0 Å². The number of aliphatic hydroxyl groups is 1. The fourth-order valence-corrected chi connectivity index (χ4v) is 3.07. The molecule has 0 saturated carbocycles. The molecule has 0 aliphatic carbocycles. The molecule has 0 bridgehead atoms. The molecule has 3 N–H and O–H groups in total. The van der Waals surface area contributed by atoms with Gasteiger partial charge in [-0.15, -0.1) is 0 Å². The summed E-state index contributed by atoms with van der Waals surface area (Å²) >= 11 is 6.23. The summed E-state index contributed by atoms with van der Waals surface area (Å²) < 4.78 is 5.30. The minimum absolute atomic E-state index is 0.0805. The normalized spacial score (nSPS) is 12.9. The average molecular weight is 433 g/mol. The van der Waals surface area contributed by atoms with Gasteiger partial charge < -0.3 is 20.5 Å². The number of carbonyl (C=O) groups excluding carboxylic acids is 1. The van der Waals surface area contributed by atoms with E-state index in [2.05, 4.69) is 31.4 Å². The summed E-state index contributed by atoms with van der Waals surface area (Å²) in [6, 6.07) is 12.9. The lowest BCUT2D eigenvalue weighted by molar-refractivity contribution is 0.0523. The van der Waals surface area contributed by atoms with Crippen LogP contribution in [0.3, 0.4) is 0 Å². The molecule has 164 valence electrons. The SMILES string of the molecule is CC(C)(C)CNc1ccc(Cl)cc1C(O)c1ccccc1CNC(=O)OC(C)(C)C. The van der Waals surface area contributed by atoms with Gasteiger partial charge in [0.15, 0.2) is 0 Å². The zero-order valence-electron chi connectivity index (χ0n) is 18.7. The van der Waals surface area contributed by atoms with Crippen molar-refractivity contribution in [3.05, 3.63) is 64.2 Å². The highest BCUT2D eigenvalue weighted by molar-refractivity contribution is 6.30. The van der Waals surface area contributed by atoms with Gasteiger partial charge in [-0.1, -0.05) is 56.6 Å². The number of hydrogen-bond donors (Lipinski definition) is 3. The number of ether oxygens (including phenoxy) is 1. The van der Waals surface area contributed by atoms with E-state index in [0.717, 1.165) is 17.8 Å². The molecule has 5 nitrogen and oxygen atoms in total. The maximum absolute atomic E-state index is 12.0. The van der Waals surface area contributed by atoms with Crippen LogP contribution in [0.5, 0.6) is 0 Å². The van der Waals surface area contributed by atoms with E-state index in [4.69, 9.17) is 16.3 Å². The van der Waals surface area contributed by atoms with Gasteiger partial charge in [-0.2, -0.15) is 0 Å². The zero-order chi connectivity index (χ0) is 22.5. The van der Waals surface area contributed by atoms with Crippen LogP contribution < -0.4 is 10.6 Å². The molecule has 1 amide bonds. The first-order valence-electron chi connectivity index (χ1n) is 10.1. The first-order valence-corrected chi connectivity index (χ1v) is 10.5. The number of alkyl carbamates (subject to hydrolysis) is 1. The molecule has 30 heavy (non-hydrogen) atoms. The Morgan fingerprint density at radius 1 is 1.07 bits per heavy atom. The minimum atomic E-state index is -0.900. The van der Waals surface area contributed by atoms with Crippen LogP contribution in [-0.2, 0) is 11.3 Å². The number of carbonyl (C=O) groups is 1. The maximum Gasteiger partial charge on any atom is 0.407 e. The van der Waals surface area contributed by atoms with Gasteiger partial charge in [-0.3, -0.25) is 0 Å². The number of hydrogen-bond acceptors (Lipinski definition) is 4. The minimum Gasteiger partial charge on any atom is -0.444 e. The molecule has 0 fully saturated rings. The van der Waals surface area contributed by atoms with Gasteiger partial charge in [0.05, 0.1) is 0 Å². The molecule has 0 aromatic heterocycles. The summed E-state index contributed by atoms with van der Waals surface area (Å²) in [5.74, 6) is 0. The lowest BCUT2D eigenvalue weighted by atomic mass is 9.94. The topological polar surface area (TPSA) is 70.6 Å². The second kappa shape index (κ2) is 9.71. The Morgan fingerprint density at radius 3 is 2.37 bits per heavy atom. The molecular formula is C24H33ClN2O3. The summed E-state index contributed by atoms with van der Waals surface area (Å²) in [5.41, 5.74) is 2.54. The maximum atomic E-state index is 12.0. The Bertz CT molecular complexity index is 869. The Labute approximate surface area is 184 Å². The Balaban J connectivity index is 2.26. The van der Waals surface area contributed by atoms with Crippen molar-refractivity contribution in [1.29, 1.82) is 0 Å². The number of anilines is 1. The zero-order valence-corrected chi connectivity index (χ0v) is 19.4. The van der Waals surface area contributed by atoms with Crippen molar-refractivity contribution in [2.75, 3.05) is 11.9 Å². The second-order valence-corrected chi connectivity index (χ2v) is 10.0. The highest BCUT2D eigenvalue weighted by Crippen LogP contribution is 2.33. The Hall–Kier alpha value is -2.24. The lowest BCUT2D eigenvalue weighted by Gasteiger charge is -2.24. The van der Waals surface area contributed by atoms with E-state index in [1.165, 1.54) is 0 Å². The van der Waals surface area contributed by atoms with E-state index in [1.54, 1.807) is 12.1 Å². The monoisotopic (exact) mass is 432 g/mol. The van der Waals surface area contributed by atoms with E-state index in [-0.39, 0.29) is 12.0 Å². The van der Waals surface area contributed by atoms with Crippen molar-refractivity contribution in [3.8, 4) is 0 Å². The standard InChI is InChI=1S/C24H33ClN2O3/c1-23(2,3)15-27-20-12-11-17(25)13-19(20)21(28)18-10-8-7-9-16(18)14-26-22(29)30-24(4,5)6/h7-13,21,27-28H,14-15H2,1-6H3,(H,26,29). The van der Waals surface area contributed by atoms with Gasteiger partial charge in [0.1, 0.15) is 11.7 Å². The molecule has 0 saturated heterocycles. The summed E-state index contributed by atoms with van der Waals surface area (Å²) in [4.78, 5) is 12.0. The first-order chi connectivity index (χ1) is 13.9. The first kappa shape index (κ1) is 24.0. The third kappa shape index (κ3) is 7.54. The molecule has 0 radical (unpaired) electrons. The summed E-state index contributed by atoms with van der Waals surface area (Å²) in [6.45, 7) is 12.9. The van der Waals surface area contributed by atoms with E-state index < -0.39 is 17.8 Å². The van der Waals surface area contributed by atoms with Crippen LogP contribution in [0.15, 0.2) is 42.5 Å². The molecule has 6 heteroatoms. The molecule has 2 rings (SSSR count). The Kier molecular flexibility index (Phi) is 7.78. The van der Waals surface area contributed by atoms with Gasteiger partial charge in [0.25, 0.3) is 0 Å². The number of rotatable bonds is 6. The summed E-state index contributed by atoms with van der Waals surface area (Å²) in [5, 5.41) is 17.9. The van der Waals surface area contributed by atoms with Crippen molar-refractivity contribution in [2.24, 2.45) is 5.41 Å². The van der Waals surface area contributed by atoms with Crippen LogP contribution in [0.1, 0.15) is 64.3 Å². The number of aliphatic hydroxyl groups excluding tert-OH is 1. The van der Waals surface area contributed by atoms with E-state index in [9.17, 15) is 9.90 Å². The number of benzene rings is 2. The number of amides is 1. The van der Waals surface area contributed by atoms with Crippen molar-refractivity contribution < 1.29 is 14.6 Å². The fraction of sp³-hybridized carbons (Fsp3) is 0.458. The van der Waals surface area contributed by atoms with Crippen LogP contribution in [0.25, 0.3) is 0 Å². The van der Waals surface area contributed by atoms with Crippen LogP contribution >= 0.6 is 11.6 Å². The predicted molar refractivity (Wildman–Crippen MR) is 123 cm³/mol. The largest absolute Gasteiger partial charge is 0.444 e. The summed E-state index contributed by atoms with van der Waals surface area (Å²) in [7, 11) is 0. The van der Waals surface area contributed by atoms with E-state index >= 15 is 0 Å². The van der Waals surface area contributed by atoms with E-state index in [1.807, 2.05) is 51.1 Å². The van der Waals surface area contributed by atoms with Crippen LogP contribution in [0.2, 0.25) is 5.02 Å². The lowest BCUT2D eigenvalue weighted by Crippen LogP contribution is -2.32. The molecular weight excluding hydrogens is 400 g/mol. The third-order valence-electron chi connectivity index (χ3n) is 4.29. The number of nitrogens with one attached hydrogen (secondary N) is 2. The quantitative estimate of drug-likeness (QED) is 0.531. The third-order valence-corrected chi connectivity index (χ3v) is 4.52. The van der Waals surface area contributed by atoms with Gasteiger partial charge in [0, 0.05) is 29.4 Å². The van der Waals surface area contributed by atoms with Crippen LogP contribution in [0, 0.1) is 5.41 Å². The number of halogens is 1. The Morgan fingerprint density at radius 2 is 1.73 bits per heavy atom. The van der Waals surface area contributed by atoms with Crippen LogP contribution in [-0.4, -0.2) is 23.3 Å². The molecule has 1 unspecified atom stereocenters. The van der Waals surface area contributed by atoms with Gasteiger partial charge in [0.2, 0.25) is 0 Å². The molecule has 1 atom stereocenters. The second-order valence-electron chi connectivity index (χ2n) is 9.60. The fourth-order valence-electron chi connectivity index (χ4n) is 2.89. The average Bonchev–Trinajstić information content (AvgIpc) is 2.63. The molecule has 0 aliphatic heterocycles. The molecule has 0 heterocycles. The van der Waals surface area contributed by atoms with Crippen molar-refractivity contribution in [2.45, 2.75) is 59.8 Å². The smallest absolute Gasteiger partial charge is 0.407 e. The van der Waals surface area contributed by atoms with E-state index in [0.29, 0.717) is 16.1 Å². The van der Waals surface area contributed by atoms with Crippen LogP contribution in [0.4, 0.5) is 10.5 Å². The van der Waals surface area contributed by atoms with Gasteiger partial charge >= 0.3 is 6.09 Å². The molecule has 0 spiro atoms. The van der Waals surface area contributed by atoms with Crippen molar-refractivity contribution >= 4 is 23.4 Å². The summed E-state index contributed by atoms with van der Waals surface area (Å²) in [6.07, 6.45) is -1.40. The highest BCUT2D eigenvalue weighted by atomic mass is 35.5. The molecule has 2 aromatic carbocycles. The van der Waals surface area contributed by atoms with Crippen molar-refractivity contribution in [1.82, 2.24) is 5.32 Å². The predicted octanol–water partition coefficient (Wildman–Crippen LogP) is 5.90. The molecule has 2 aromatic rings. The van der Waals surface area contributed by atoms with Gasteiger partial charge in [-0.25, -0.2) is 4.79 Å². The molecule has 0 aliphatic rings. The highest BCUT2D eigenvalue weighted by Gasteiger charge is 2.21.